The number of hydrogen-bond acceptors (Lipinski definition) is 2. The number of fused-ring (bicyclic) bond motifs is 1. The molecule has 4 heteroatoms. The third-order valence-electron chi connectivity index (χ3n) is 3.21. The zero-order valence-corrected chi connectivity index (χ0v) is 14.7. The first kappa shape index (κ1) is 15.9. The van der Waals surface area contributed by atoms with Crippen LogP contribution in [0.1, 0.15) is 39.0 Å². The Hall–Kier alpha value is -0.510. The second-order valence-corrected chi connectivity index (χ2v) is 7.13. The molecule has 0 amide bonds. The Morgan fingerprint density at radius 2 is 1.95 bits per heavy atom. The van der Waals surface area contributed by atoms with Gasteiger partial charge in [-0.05, 0) is 24.5 Å². The van der Waals surface area contributed by atoms with E-state index in [9.17, 15) is 0 Å². The molecule has 0 spiro atoms. The van der Waals surface area contributed by atoms with Gasteiger partial charge in [0, 0.05) is 21.5 Å². The number of furan rings is 1. The fraction of sp³-hybridized carbons (Fsp3) is 0.500. The van der Waals surface area contributed by atoms with Crippen LogP contribution in [0.5, 0.6) is 0 Å². The average Bonchev–Trinajstić information content (AvgIpc) is 2.71. The van der Waals surface area contributed by atoms with Gasteiger partial charge < -0.3 is 9.73 Å². The second kappa shape index (κ2) is 6.50. The van der Waals surface area contributed by atoms with Gasteiger partial charge in [0.25, 0.3) is 0 Å². The number of rotatable bonds is 5. The van der Waals surface area contributed by atoms with E-state index in [0.717, 1.165) is 34.2 Å². The van der Waals surface area contributed by atoms with Gasteiger partial charge >= 0.3 is 0 Å². The monoisotopic (exact) mass is 357 g/mol. The van der Waals surface area contributed by atoms with Crippen LogP contribution in [0.4, 0.5) is 0 Å². The van der Waals surface area contributed by atoms with Crippen LogP contribution in [-0.4, -0.2) is 6.04 Å². The zero-order valence-electron chi connectivity index (χ0n) is 12.4. The maximum absolute atomic E-state index is 6.28. The Morgan fingerprint density at radius 3 is 2.55 bits per heavy atom. The summed E-state index contributed by atoms with van der Waals surface area (Å²) in [7, 11) is 0. The van der Waals surface area contributed by atoms with Crippen LogP contribution >= 0.6 is 27.5 Å². The molecular formula is C16H21BrClNO. The van der Waals surface area contributed by atoms with Crippen molar-refractivity contribution in [2.75, 3.05) is 0 Å². The normalized spacial score (nSPS) is 12.0. The van der Waals surface area contributed by atoms with Crippen LogP contribution in [0, 0.1) is 5.92 Å². The Balaban J connectivity index is 2.54. The first-order chi connectivity index (χ1) is 9.40. The molecule has 2 rings (SSSR count). The van der Waals surface area contributed by atoms with Crippen LogP contribution in [0.25, 0.3) is 11.0 Å². The summed E-state index contributed by atoms with van der Waals surface area (Å²) in [6, 6.07) is 4.29. The van der Waals surface area contributed by atoms with Crippen LogP contribution in [0.3, 0.4) is 0 Å². The van der Waals surface area contributed by atoms with E-state index < -0.39 is 0 Å². The first-order valence-electron chi connectivity index (χ1n) is 7.01. The average molecular weight is 359 g/mol. The Kier molecular flexibility index (Phi) is 5.16. The fourth-order valence-electron chi connectivity index (χ4n) is 2.30. The van der Waals surface area contributed by atoms with Crippen molar-refractivity contribution in [3.05, 3.63) is 33.0 Å². The standard InChI is InChI=1S/C16H21BrClNO/c1-9(2)7-11-14(8-19-10(3)4)20-16-13(18)6-5-12(17)15(11)16/h5-6,9-10,19H,7-8H2,1-4H3. The first-order valence-corrected chi connectivity index (χ1v) is 8.18. The van der Waals surface area contributed by atoms with Gasteiger partial charge in [-0.15, -0.1) is 0 Å². The van der Waals surface area contributed by atoms with Gasteiger partial charge in [0.15, 0.2) is 5.58 Å². The van der Waals surface area contributed by atoms with Gasteiger partial charge in [-0.2, -0.15) is 0 Å². The smallest absolute Gasteiger partial charge is 0.154 e. The minimum Gasteiger partial charge on any atom is -0.458 e. The fourth-order valence-corrected chi connectivity index (χ4v) is 3.05. The van der Waals surface area contributed by atoms with Crippen LogP contribution in [0.15, 0.2) is 21.0 Å². The molecule has 0 aliphatic rings. The van der Waals surface area contributed by atoms with Crippen LogP contribution in [-0.2, 0) is 13.0 Å². The minimum atomic E-state index is 0.425. The molecule has 20 heavy (non-hydrogen) atoms. The van der Waals surface area contributed by atoms with E-state index in [1.54, 1.807) is 0 Å². The van der Waals surface area contributed by atoms with Crippen molar-refractivity contribution in [2.24, 2.45) is 5.92 Å². The summed E-state index contributed by atoms with van der Waals surface area (Å²) >= 11 is 9.90. The maximum Gasteiger partial charge on any atom is 0.154 e. The maximum atomic E-state index is 6.28. The van der Waals surface area contributed by atoms with Crippen molar-refractivity contribution < 1.29 is 4.42 Å². The van der Waals surface area contributed by atoms with Crippen molar-refractivity contribution in [1.29, 1.82) is 0 Å². The summed E-state index contributed by atoms with van der Waals surface area (Å²) in [6.45, 7) is 9.44. The lowest BCUT2D eigenvalue weighted by Gasteiger charge is -2.09. The van der Waals surface area contributed by atoms with Crippen LogP contribution < -0.4 is 5.32 Å². The molecule has 0 saturated heterocycles. The van der Waals surface area contributed by atoms with E-state index in [1.165, 1.54) is 5.56 Å². The third-order valence-corrected chi connectivity index (χ3v) is 4.16. The Morgan fingerprint density at radius 1 is 1.25 bits per heavy atom. The lowest BCUT2D eigenvalue weighted by molar-refractivity contribution is 0.478. The van der Waals surface area contributed by atoms with E-state index in [0.29, 0.717) is 17.0 Å². The van der Waals surface area contributed by atoms with Crippen molar-refractivity contribution in [3.8, 4) is 0 Å². The molecule has 1 N–H and O–H groups in total. The molecular weight excluding hydrogens is 338 g/mol. The summed E-state index contributed by atoms with van der Waals surface area (Å²) in [6.07, 6.45) is 0.987. The van der Waals surface area contributed by atoms with E-state index in [4.69, 9.17) is 16.0 Å². The van der Waals surface area contributed by atoms with Crippen molar-refractivity contribution in [1.82, 2.24) is 5.32 Å². The second-order valence-electron chi connectivity index (χ2n) is 5.87. The predicted molar refractivity (Wildman–Crippen MR) is 89.4 cm³/mol. The van der Waals surface area contributed by atoms with Gasteiger partial charge in [0.05, 0.1) is 11.6 Å². The third kappa shape index (κ3) is 3.38. The van der Waals surface area contributed by atoms with E-state index in [1.807, 2.05) is 12.1 Å². The molecule has 0 radical (unpaired) electrons. The molecule has 2 nitrogen and oxygen atoms in total. The molecule has 1 aromatic carbocycles. The van der Waals surface area contributed by atoms with E-state index in [2.05, 4.69) is 48.9 Å². The highest BCUT2D eigenvalue weighted by molar-refractivity contribution is 9.10. The molecule has 0 atom stereocenters. The predicted octanol–water partition coefficient (Wildman–Crippen LogP) is 5.55. The van der Waals surface area contributed by atoms with E-state index in [-0.39, 0.29) is 0 Å². The molecule has 0 unspecified atom stereocenters. The highest BCUT2D eigenvalue weighted by atomic mass is 79.9. The molecule has 0 bridgehead atoms. The highest BCUT2D eigenvalue weighted by Gasteiger charge is 2.19. The molecule has 1 aromatic heterocycles. The zero-order chi connectivity index (χ0) is 14.9. The molecule has 1 heterocycles. The van der Waals surface area contributed by atoms with Crippen molar-refractivity contribution >= 4 is 38.5 Å². The molecule has 0 fully saturated rings. The number of hydrogen-bond donors (Lipinski definition) is 1. The van der Waals surface area contributed by atoms with Gasteiger partial charge in [-0.1, -0.05) is 55.2 Å². The summed E-state index contributed by atoms with van der Waals surface area (Å²) in [4.78, 5) is 0. The SMILES string of the molecule is CC(C)Cc1c(CNC(C)C)oc2c(Cl)ccc(Br)c12. The lowest BCUT2D eigenvalue weighted by atomic mass is 9.99. The molecule has 0 aliphatic carbocycles. The molecule has 110 valence electrons. The topological polar surface area (TPSA) is 25.2 Å². The van der Waals surface area contributed by atoms with Gasteiger partial charge in [-0.25, -0.2) is 0 Å². The van der Waals surface area contributed by atoms with E-state index >= 15 is 0 Å². The van der Waals surface area contributed by atoms with Gasteiger partial charge in [0.2, 0.25) is 0 Å². The Bertz CT molecular complexity index is 604. The number of benzene rings is 1. The Labute approximate surface area is 134 Å². The number of halogens is 2. The van der Waals surface area contributed by atoms with Gasteiger partial charge in [-0.3, -0.25) is 0 Å². The van der Waals surface area contributed by atoms with Crippen molar-refractivity contribution in [2.45, 2.75) is 46.7 Å². The van der Waals surface area contributed by atoms with Crippen LogP contribution in [0.2, 0.25) is 5.02 Å². The van der Waals surface area contributed by atoms with Crippen molar-refractivity contribution in [3.63, 3.8) is 0 Å². The molecule has 2 aromatic rings. The minimum absolute atomic E-state index is 0.425. The lowest BCUT2D eigenvalue weighted by Crippen LogP contribution is -2.22. The quantitative estimate of drug-likeness (QED) is 0.758. The number of nitrogens with one attached hydrogen (secondary N) is 1. The highest BCUT2D eigenvalue weighted by Crippen LogP contribution is 2.37. The summed E-state index contributed by atoms with van der Waals surface area (Å²) in [5.41, 5.74) is 2.05. The molecule has 0 aliphatic heterocycles. The summed E-state index contributed by atoms with van der Waals surface area (Å²) in [5, 5.41) is 5.21. The summed E-state index contributed by atoms with van der Waals surface area (Å²) < 4.78 is 7.09. The largest absolute Gasteiger partial charge is 0.458 e. The molecule has 0 saturated carbocycles. The summed E-state index contributed by atoms with van der Waals surface area (Å²) in [5.74, 6) is 1.57. The van der Waals surface area contributed by atoms with Gasteiger partial charge in [0.1, 0.15) is 5.76 Å².